The number of nitrogens with two attached hydrogens (primary N) is 1. The van der Waals surface area contributed by atoms with Crippen LogP contribution in [-0.4, -0.2) is 6.04 Å². The second kappa shape index (κ2) is 11.5. The molecule has 0 aromatic carbocycles. The van der Waals surface area contributed by atoms with Gasteiger partial charge in [-0.15, -0.1) is 0 Å². The molecule has 112 valence electrons. The lowest BCUT2D eigenvalue weighted by atomic mass is 9.91. The van der Waals surface area contributed by atoms with Crippen LogP contribution in [0, 0.1) is 0 Å². The van der Waals surface area contributed by atoms with E-state index in [0.29, 0.717) is 6.04 Å². The molecule has 0 spiro atoms. The smallest absolute Gasteiger partial charge is 0.0253 e. The van der Waals surface area contributed by atoms with Crippen LogP contribution >= 0.6 is 0 Å². The summed E-state index contributed by atoms with van der Waals surface area (Å²) in [6.07, 6.45) is 21.5. The van der Waals surface area contributed by atoms with E-state index in [1.807, 2.05) is 0 Å². The third kappa shape index (κ3) is 8.47. The Morgan fingerprint density at radius 3 is 2.16 bits per heavy atom. The Bertz CT molecular complexity index is 232. The second-order valence-electron chi connectivity index (χ2n) is 6.25. The highest BCUT2D eigenvalue weighted by molar-refractivity contribution is 5.12. The largest absolute Gasteiger partial charge is 0.324 e. The van der Waals surface area contributed by atoms with Gasteiger partial charge in [-0.3, -0.25) is 0 Å². The highest BCUT2D eigenvalue weighted by Gasteiger charge is 2.11. The monoisotopic (exact) mass is 265 g/mol. The minimum atomic E-state index is 0.366. The second-order valence-corrected chi connectivity index (χ2v) is 6.25. The summed E-state index contributed by atoms with van der Waals surface area (Å²) in [4.78, 5) is 0. The molecule has 0 aliphatic heterocycles. The third-order valence-corrected chi connectivity index (χ3v) is 4.42. The highest BCUT2D eigenvalue weighted by Crippen LogP contribution is 2.22. The lowest BCUT2D eigenvalue weighted by Gasteiger charge is -2.19. The SMILES string of the molecule is CCCCCCCCCCCC(N)C1=CCCCC1. The van der Waals surface area contributed by atoms with Gasteiger partial charge in [0.2, 0.25) is 0 Å². The van der Waals surface area contributed by atoms with Crippen molar-refractivity contribution >= 4 is 0 Å². The van der Waals surface area contributed by atoms with Crippen LogP contribution in [0.25, 0.3) is 0 Å². The zero-order valence-corrected chi connectivity index (χ0v) is 13.1. The molecular weight excluding hydrogens is 230 g/mol. The van der Waals surface area contributed by atoms with E-state index in [-0.39, 0.29) is 0 Å². The zero-order chi connectivity index (χ0) is 13.8. The molecule has 1 nitrogen and oxygen atoms in total. The van der Waals surface area contributed by atoms with Crippen LogP contribution in [0.2, 0.25) is 0 Å². The fraction of sp³-hybridized carbons (Fsp3) is 0.889. The predicted octanol–water partition coefficient (Wildman–Crippen LogP) is 5.74. The van der Waals surface area contributed by atoms with Crippen molar-refractivity contribution in [2.45, 2.75) is 103 Å². The fourth-order valence-electron chi connectivity index (χ4n) is 3.06. The van der Waals surface area contributed by atoms with Crippen molar-refractivity contribution < 1.29 is 0 Å². The molecule has 0 saturated carbocycles. The third-order valence-electron chi connectivity index (χ3n) is 4.42. The number of hydrogen-bond acceptors (Lipinski definition) is 1. The number of unbranched alkanes of at least 4 members (excludes halogenated alkanes) is 8. The van der Waals surface area contributed by atoms with Crippen molar-refractivity contribution in [2.75, 3.05) is 0 Å². The summed E-state index contributed by atoms with van der Waals surface area (Å²) >= 11 is 0. The van der Waals surface area contributed by atoms with Gasteiger partial charge in [0.1, 0.15) is 0 Å². The quantitative estimate of drug-likeness (QED) is 0.374. The summed E-state index contributed by atoms with van der Waals surface area (Å²) in [6.45, 7) is 2.28. The molecular formula is C18H35N. The molecule has 19 heavy (non-hydrogen) atoms. The molecule has 1 rings (SSSR count). The zero-order valence-electron chi connectivity index (χ0n) is 13.1. The molecule has 2 N–H and O–H groups in total. The van der Waals surface area contributed by atoms with Gasteiger partial charge in [-0.05, 0) is 32.1 Å². The Hall–Kier alpha value is -0.300. The van der Waals surface area contributed by atoms with E-state index in [2.05, 4.69) is 13.0 Å². The normalized spacial score (nSPS) is 17.3. The lowest BCUT2D eigenvalue weighted by molar-refractivity contribution is 0.530. The van der Waals surface area contributed by atoms with E-state index in [1.165, 1.54) is 89.9 Å². The lowest BCUT2D eigenvalue weighted by Crippen LogP contribution is -2.23. The molecule has 0 heterocycles. The summed E-state index contributed by atoms with van der Waals surface area (Å²) in [6, 6.07) is 0.366. The highest BCUT2D eigenvalue weighted by atomic mass is 14.6. The van der Waals surface area contributed by atoms with E-state index in [1.54, 1.807) is 5.57 Å². The van der Waals surface area contributed by atoms with Gasteiger partial charge in [0.25, 0.3) is 0 Å². The van der Waals surface area contributed by atoms with Gasteiger partial charge in [0.05, 0.1) is 0 Å². The van der Waals surface area contributed by atoms with Gasteiger partial charge in [0, 0.05) is 6.04 Å². The van der Waals surface area contributed by atoms with Crippen molar-refractivity contribution in [3.63, 3.8) is 0 Å². The Morgan fingerprint density at radius 1 is 0.947 bits per heavy atom. The molecule has 0 aromatic heterocycles. The molecule has 0 aromatic rings. The van der Waals surface area contributed by atoms with Crippen molar-refractivity contribution in [1.82, 2.24) is 0 Å². The van der Waals surface area contributed by atoms with E-state index >= 15 is 0 Å². The summed E-state index contributed by atoms with van der Waals surface area (Å²) < 4.78 is 0. The molecule has 0 saturated heterocycles. The Kier molecular flexibility index (Phi) is 10.2. The van der Waals surface area contributed by atoms with Crippen LogP contribution in [0.5, 0.6) is 0 Å². The predicted molar refractivity (Wildman–Crippen MR) is 86.4 cm³/mol. The summed E-state index contributed by atoms with van der Waals surface area (Å²) in [5.74, 6) is 0. The maximum Gasteiger partial charge on any atom is 0.0253 e. The van der Waals surface area contributed by atoms with Crippen LogP contribution in [0.1, 0.15) is 96.8 Å². The van der Waals surface area contributed by atoms with Gasteiger partial charge in [-0.1, -0.05) is 76.4 Å². The number of rotatable bonds is 11. The summed E-state index contributed by atoms with van der Waals surface area (Å²) in [5.41, 5.74) is 7.82. The summed E-state index contributed by atoms with van der Waals surface area (Å²) in [5, 5.41) is 0. The molecule has 1 atom stereocenters. The Balaban J connectivity index is 1.88. The molecule has 1 aliphatic rings. The van der Waals surface area contributed by atoms with Crippen molar-refractivity contribution in [2.24, 2.45) is 5.73 Å². The average Bonchev–Trinajstić information content (AvgIpc) is 2.46. The van der Waals surface area contributed by atoms with Gasteiger partial charge in [0.15, 0.2) is 0 Å². The average molecular weight is 265 g/mol. The molecule has 0 amide bonds. The van der Waals surface area contributed by atoms with Gasteiger partial charge in [-0.2, -0.15) is 0 Å². The van der Waals surface area contributed by atoms with E-state index in [0.717, 1.165) is 0 Å². The van der Waals surface area contributed by atoms with Crippen LogP contribution < -0.4 is 5.73 Å². The van der Waals surface area contributed by atoms with Crippen LogP contribution in [0.15, 0.2) is 11.6 Å². The van der Waals surface area contributed by atoms with Crippen molar-refractivity contribution in [3.05, 3.63) is 11.6 Å². The van der Waals surface area contributed by atoms with Gasteiger partial charge >= 0.3 is 0 Å². The first kappa shape index (κ1) is 16.8. The van der Waals surface area contributed by atoms with Crippen molar-refractivity contribution in [1.29, 1.82) is 0 Å². The molecule has 0 radical (unpaired) electrons. The van der Waals surface area contributed by atoms with Gasteiger partial charge in [-0.25, -0.2) is 0 Å². The fourth-order valence-corrected chi connectivity index (χ4v) is 3.06. The molecule has 0 fully saturated rings. The van der Waals surface area contributed by atoms with Crippen LogP contribution in [0.3, 0.4) is 0 Å². The summed E-state index contributed by atoms with van der Waals surface area (Å²) in [7, 11) is 0. The topological polar surface area (TPSA) is 26.0 Å². The van der Waals surface area contributed by atoms with Crippen LogP contribution in [-0.2, 0) is 0 Å². The molecule has 1 heteroatoms. The number of hydrogen-bond donors (Lipinski definition) is 1. The maximum atomic E-state index is 6.28. The molecule has 1 unspecified atom stereocenters. The number of allylic oxidation sites excluding steroid dienone is 1. The van der Waals surface area contributed by atoms with E-state index < -0.39 is 0 Å². The first-order chi connectivity index (χ1) is 9.34. The van der Waals surface area contributed by atoms with E-state index in [9.17, 15) is 0 Å². The first-order valence-electron chi connectivity index (χ1n) is 8.79. The maximum absolute atomic E-state index is 6.28. The Labute approximate surface area is 121 Å². The minimum absolute atomic E-state index is 0.366. The van der Waals surface area contributed by atoms with E-state index in [4.69, 9.17) is 5.73 Å². The first-order valence-corrected chi connectivity index (χ1v) is 8.79. The minimum Gasteiger partial charge on any atom is -0.324 e. The van der Waals surface area contributed by atoms with Crippen molar-refractivity contribution in [3.8, 4) is 0 Å². The Morgan fingerprint density at radius 2 is 1.58 bits per heavy atom. The molecule has 1 aliphatic carbocycles. The van der Waals surface area contributed by atoms with Gasteiger partial charge < -0.3 is 5.73 Å². The van der Waals surface area contributed by atoms with Crippen LogP contribution in [0.4, 0.5) is 0 Å². The standard InChI is InChI=1S/C18H35N/c1-2-3-4-5-6-7-8-9-13-16-18(19)17-14-11-10-12-15-17/h14,18H,2-13,15-16,19H2,1H3. The molecule has 0 bridgehead atoms.